The number of urea groups is 1. The largest absolute Gasteiger partial charge is 0.391 e. The molecule has 0 aliphatic carbocycles. The Morgan fingerprint density at radius 2 is 2.05 bits per heavy atom. The quantitative estimate of drug-likeness (QED) is 0.719. The molecule has 0 bridgehead atoms. The van der Waals surface area contributed by atoms with Crippen LogP contribution in [0.4, 0.5) is 4.79 Å². The van der Waals surface area contributed by atoms with Crippen LogP contribution in [0, 0.1) is 12.8 Å². The van der Waals surface area contributed by atoms with Crippen molar-refractivity contribution in [3.05, 3.63) is 17.5 Å². The van der Waals surface area contributed by atoms with E-state index in [9.17, 15) is 9.90 Å². The lowest BCUT2D eigenvalue weighted by atomic mass is 9.97. The maximum absolute atomic E-state index is 11.9. The van der Waals surface area contributed by atoms with E-state index in [1.807, 2.05) is 40.9 Å². The van der Waals surface area contributed by atoms with Crippen LogP contribution >= 0.6 is 0 Å². The first-order valence-electron chi connectivity index (χ1n) is 7.61. The van der Waals surface area contributed by atoms with Gasteiger partial charge in [0.1, 0.15) is 0 Å². The molecule has 0 radical (unpaired) electrons. The molecule has 6 heteroatoms. The summed E-state index contributed by atoms with van der Waals surface area (Å²) >= 11 is 0. The van der Waals surface area contributed by atoms with Gasteiger partial charge in [-0.15, -0.1) is 0 Å². The lowest BCUT2D eigenvalue weighted by Crippen LogP contribution is -2.42. The molecular formula is C15H28N4O2. The predicted molar refractivity (Wildman–Crippen MR) is 83.0 cm³/mol. The second kappa shape index (κ2) is 8.02. The minimum absolute atomic E-state index is 0.121. The van der Waals surface area contributed by atoms with Gasteiger partial charge in [-0.3, -0.25) is 4.68 Å². The third kappa shape index (κ3) is 5.04. The fourth-order valence-electron chi connectivity index (χ4n) is 2.57. The Morgan fingerprint density at radius 1 is 1.43 bits per heavy atom. The van der Waals surface area contributed by atoms with E-state index in [-0.39, 0.29) is 24.5 Å². The average Bonchev–Trinajstić information content (AvgIpc) is 2.77. The summed E-state index contributed by atoms with van der Waals surface area (Å²) in [5.41, 5.74) is 1.90. The van der Waals surface area contributed by atoms with Gasteiger partial charge in [0.2, 0.25) is 0 Å². The molecule has 1 aromatic heterocycles. The van der Waals surface area contributed by atoms with E-state index in [2.05, 4.69) is 15.7 Å². The lowest BCUT2D eigenvalue weighted by molar-refractivity contribution is 0.103. The van der Waals surface area contributed by atoms with Crippen molar-refractivity contribution in [2.75, 3.05) is 6.54 Å². The molecule has 0 aliphatic rings. The number of aromatic nitrogens is 2. The zero-order valence-electron chi connectivity index (χ0n) is 13.7. The standard InChI is InChI=1S/C15H28N4O2/c1-6-12(7-2)14(20)8-16-15(21)17-10(3)13-9-19(5)18-11(13)4/h9-10,12,14,20H,6-8H2,1-5H3,(H2,16,17,21)/t10-,14+/m1/s1. The molecule has 0 spiro atoms. The highest BCUT2D eigenvalue weighted by Gasteiger charge is 2.18. The number of aliphatic hydroxyl groups is 1. The minimum atomic E-state index is -0.499. The molecule has 3 N–H and O–H groups in total. The Bertz CT molecular complexity index is 455. The molecule has 1 heterocycles. The van der Waals surface area contributed by atoms with E-state index < -0.39 is 6.10 Å². The minimum Gasteiger partial charge on any atom is -0.391 e. The molecule has 120 valence electrons. The van der Waals surface area contributed by atoms with Gasteiger partial charge in [-0.05, 0) is 19.8 Å². The summed E-state index contributed by atoms with van der Waals surface area (Å²) < 4.78 is 1.73. The number of hydrogen-bond acceptors (Lipinski definition) is 3. The number of hydrogen-bond donors (Lipinski definition) is 3. The molecule has 0 saturated carbocycles. The highest BCUT2D eigenvalue weighted by molar-refractivity contribution is 5.74. The Balaban J connectivity index is 2.45. The first-order valence-corrected chi connectivity index (χ1v) is 7.61. The van der Waals surface area contributed by atoms with Crippen LogP contribution in [0.15, 0.2) is 6.20 Å². The van der Waals surface area contributed by atoms with Crippen LogP contribution in [-0.4, -0.2) is 33.6 Å². The number of nitrogens with one attached hydrogen (secondary N) is 2. The van der Waals surface area contributed by atoms with Crippen molar-refractivity contribution >= 4 is 6.03 Å². The monoisotopic (exact) mass is 296 g/mol. The Morgan fingerprint density at radius 3 is 2.52 bits per heavy atom. The van der Waals surface area contributed by atoms with Gasteiger partial charge in [-0.1, -0.05) is 26.7 Å². The number of carbonyl (C=O) groups excluding carboxylic acids is 1. The van der Waals surface area contributed by atoms with Crippen molar-refractivity contribution in [2.24, 2.45) is 13.0 Å². The van der Waals surface area contributed by atoms with Crippen molar-refractivity contribution in [3.63, 3.8) is 0 Å². The van der Waals surface area contributed by atoms with Gasteiger partial charge >= 0.3 is 6.03 Å². The molecule has 6 nitrogen and oxygen atoms in total. The van der Waals surface area contributed by atoms with Crippen molar-refractivity contribution in [3.8, 4) is 0 Å². The molecule has 2 amide bonds. The van der Waals surface area contributed by atoms with E-state index in [4.69, 9.17) is 0 Å². The molecule has 1 aromatic rings. The van der Waals surface area contributed by atoms with E-state index >= 15 is 0 Å². The summed E-state index contributed by atoms with van der Waals surface area (Å²) in [7, 11) is 1.86. The van der Waals surface area contributed by atoms with Crippen LogP contribution in [-0.2, 0) is 7.05 Å². The molecule has 0 aromatic carbocycles. The van der Waals surface area contributed by atoms with E-state index in [0.717, 1.165) is 24.1 Å². The van der Waals surface area contributed by atoms with Crippen molar-refractivity contribution in [1.29, 1.82) is 0 Å². The molecule has 0 saturated heterocycles. The Labute approximate surface area is 126 Å². The maximum Gasteiger partial charge on any atom is 0.315 e. The third-order valence-electron chi connectivity index (χ3n) is 3.93. The Hall–Kier alpha value is -1.56. The van der Waals surface area contributed by atoms with E-state index in [1.54, 1.807) is 4.68 Å². The van der Waals surface area contributed by atoms with Crippen molar-refractivity contribution in [1.82, 2.24) is 20.4 Å². The fraction of sp³-hybridized carbons (Fsp3) is 0.733. The average molecular weight is 296 g/mol. The van der Waals surface area contributed by atoms with Crippen molar-refractivity contribution < 1.29 is 9.90 Å². The second-order valence-electron chi connectivity index (χ2n) is 5.56. The van der Waals surface area contributed by atoms with Crippen LogP contribution in [0.2, 0.25) is 0 Å². The normalized spacial score (nSPS) is 14.0. The summed E-state index contributed by atoms with van der Waals surface area (Å²) in [5.74, 6) is 0.225. The lowest BCUT2D eigenvalue weighted by Gasteiger charge is -2.21. The maximum atomic E-state index is 11.9. The number of rotatable bonds is 7. The zero-order chi connectivity index (χ0) is 16.0. The smallest absolute Gasteiger partial charge is 0.315 e. The van der Waals surface area contributed by atoms with Gasteiger partial charge in [-0.25, -0.2) is 4.79 Å². The molecule has 21 heavy (non-hydrogen) atoms. The Kier molecular flexibility index (Phi) is 6.68. The molecule has 2 atom stereocenters. The fourth-order valence-corrected chi connectivity index (χ4v) is 2.57. The zero-order valence-corrected chi connectivity index (χ0v) is 13.7. The van der Waals surface area contributed by atoms with Gasteiger partial charge in [0.15, 0.2) is 0 Å². The highest BCUT2D eigenvalue weighted by atomic mass is 16.3. The molecular weight excluding hydrogens is 268 g/mol. The van der Waals surface area contributed by atoms with Gasteiger partial charge < -0.3 is 15.7 Å². The van der Waals surface area contributed by atoms with Crippen LogP contribution in [0.5, 0.6) is 0 Å². The van der Waals surface area contributed by atoms with Gasteiger partial charge in [0, 0.05) is 25.4 Å². The van der Waals surface area contributed by atoms with Crippen LogP contribution in [0.3, 0.4) is 0 Å². The number of aryl methyl sites for hydroxylation is 2. The van der Waals surface area contributed by atoms with E-state index in [1.165, 1.54) is 0 Å². The predicted octanol–water partition coefficient (Wildman–Crippen LogP) is 1.89. The SMILES string of the molecule is CCC(CC)[C@@H](O)CNC(=O)N[C@H](C)c1cn(C)nc1C. The summed E-state index contributed by atoms with van der Waals surface area (Å²) in [6.07, 6.45) is 3.22. The molecule has 0 fully saturated rings. The van der Waals surface area contributed by atoms with Crippen molar-refractivity contribution in [2.45, 2.75) is 52.7 Å². The van der Waals surface area contributed by atoms with Gasteiger partial charge in [-0.2, -0.15) is 5.10 Å². The summed E-state index contributed by atoms with van der Waals surface area (Å²) in [6, 6.07) is -0.389. The first kappa shape index (κ1) is 17.5. The van der Waals surface area contributed by atoms with E-state index in [0.29, 0.717) is 0 Å². The number of amides is 2. The van der Waals surface area contributed by atoms with Crippen LogP contribution < -0.4 is 10.6 Å². The number of carbonyl (C=O) groups is 1. The number of aliphatic hydroxyl groups excluding tert-OH is 1. The van der Waals surface area contributed by atoms with Crippen LogP contribution in [0.25, 0.3) is 0 Å². The summed E-state index contributed by atoms with van der Waals surface area (Å²) in [6.45, 7) is 8.20. The summed E-state index contributed by atoms with van der Waals surface area (Å²) in [5, 5.41) is 19.9. The molecule has 1 rings (SSSR count). The van der Waals surface area contributed by atoms with Gasteiger partial charge in [0.25, 0.3) is 0 Å². The number of nitrogens with zero attached hydrogens (tertiary/aromatic N) is 2. The highest BCUT2D eigenvalue weighted by Crippen LogP contribution is 2.15. The van der Waals surface area contributed by atoms with Gasteiger partial charge in [0.05, 0.1) is 17.8 Å². The second-order valence-corrected chi connectivity index (χ2v) is 5.56. The summed E-state index contributed by atoms with van der Waals surface area (Å²) in [4.78, 5) is 11.9. The topological polar surface area (TPSA) is 79.2 Å². The molecule has 0 unspecified atom stereocenters. The molecule has 0 aliphatic heterocycles. The third-order valence-corrected chi connectivity index (χ3v) is 3.93. The first-order chi connectivity index (χ1) is 9.88. The van der Waals surface area contributed by atoms with Crippen LogP contribution in [0.1, 0.15) is 50.9 Å².